The summed E-state index contributed by atoms with van der Waals surface area (Å²) >= 11 is 3.39. The zero-order valence-corrected chi connectivity index (χ0v) is 11.5. The fourth-order valence-corrected chi connectivity index (χ4v) is 2.21. The number of amides is 1. The van der Waals surface area contributed by atoms with Crippen molar-refractivity contribution in [2.45, 2.75) is 19.4 Å². The Kier molecular flexibility index (Phi) is 3.84. The summed E-state index contributed by atoms with van der Waals surface area (Å²) in [5.74, 6) is 0.176. The topological polar surface area (TPSA) is 41.1 Å². The average Bonchev–Trinajstić information content (AvgIpc) is 3.09. The first-order valence-corrected chi connectivity index (χ1v) is 6.63. The summed E-state index contributed by atoms with van der Waals surface area (Å²) in [7, 11) is 1.89. The Labute approximate surface area is 110 Å². The first kappa shape index (κ1) is 12.6. The van der Waals surface area contributed by atoms with Crippen molar-refractivity contribution in [3.63, 3.8) is 0 Å². The van der Waals surface area contributed by atoms with Crippen LogP contribution in [0.4, 0.5) is 0 Å². The number of halogens is 1. The summed E-state index contributed by atoms with van der Waals surface area (Å²) in [6.07, 6.45) is 2.00. The van der Waals surface area contributed by atoms with Crippen LogP contribution in [0.1, 0.15) is 18.4 Å². The minimum Gasteiger partial charge on any atom is -0.352 e. The molecule has 0 unspecified atom stereocenters. The van der Waals surface area contributed by atoms with Crippen molar-refractivity contribution in [3.8, 4) is 0 Å². The molecule has 0 aromatic heterocycles. The Bertz CT molecular complexity index is 398. The Balaban J connectivity index is 1.86. The zero-order chi connectivity index (χ0) is 12.3. The normalized spacial score (nSPS) is 16.6. The lowest BCUT2D eigenvalue weighted by Gasteiger charge is -2.14. The van der Waals surface area contributed by atoms with Crippen molar-refractivity contribution < 1.29 is 4.79 Å². The van der Waals surface area contributed by atoms with Gasteiger partial charge in [0, 0.05) is 17.6 Å². The summed E-state index contributed by atoms with van der Waals surface area (Å²) in [5.41, 5.74) is 0.992. The van der Waals surface area contributed by atoms with Gasteiger partial charge in [-0.1, -0.05) is 28.1 Å². The maximum Gasteiger partial charge on any atom is 0.227 e. The molecule has 4 heteroatoms. The number of carbonyl (C=O) groups is 1. The van der Waals surface area contributed by atoms with Crippen LogP contribution >= 0.6 is 15.9 Å². The van der Waals surface area contributed by atoms with Crippen LogP contribution in [-0.2, 0) is 11.3 Å². The van der Waals surface area contributed by atoms with Gasteiger partial charge < -0.3 is 10.6 Å². The molecule has 0 saturated heterocycles. The van der Waals surface area contributed by atoms with Gasteiger partial charge in [-0.3, -0.25) is 4.79 Å². The highest BCUT2D eigenvalue weighted by Crippen LogP contribution is 2.45. The molecule has 2 N–H and O–H groups in total. The molecule has 17 heavy (non-hydrogen) atoms. The standard InChI is InChI=1S/C13H17BrN2O/c1-15-9-13(6-7-13)12(17)16-8-10-2-4-11(14)5-3-10/h2-5,15H,6-9H2,1H3,(H,16,17). The fourth-order valence-electron chi connectivity index (χ4n) is 1.95. The van der Waals surface area contributed by atoms with Crippen LogP contribution in [-0.4, -0.2) is 19.5 Å². The second-order valence-electron chi connectivity index (χ2n) is 4.62. The maximum absolute atomic E-state index is 12.0. The molecule has 1 amide bonds. The zero-order valence-electron chi connectivity index (χ0n) is 9.92. The third kappa shape index (κ3) is 3.07. The predicted molar refractivity (Wildman–Crippen MR) is 71.6 cm³/mol. The molecule has 1 aromatic rings. The molecule has 0 spiro atoms. The van der Waals surface area contributed by atoms with E-state index in [1.165, 1.54) is 0 Å². The van der Waals surface area contributed by atoms with Crippen LogP contribution in [0.3, 0.4) is 0 Å². The van der Waals surface area contributed by atoms with Crippen LogP contribution in [0.15, 0.2) is 28.7 Å². The molecular weight excluding hydrogens is 280 g/mol. The Morgan fingerprint density at radius 1 is 1.35 bits per heavy atom. The van der Waals surface area contributed by atoms with Crippen LogP contribution in [0.2, 0.25) is 0 Å². The van der Waals surface area contributed by atoms with Crippen molar-refractivity contribution in [3.05, 3.63) is 34.3 Å². The largest absolute Gasteiger partial charge is 0.352 e. The Hall–Kier alpha value is -0.870. The summed E-state index contributed by atoms with van der Waals surface area (Å²) < 4.78 is 1.06. The quantitative estimate of drug-likeness (QED) is 0.873. The minimum absolute atomic E-state index is 0.135. The first-order chi connectivity index (χ1) is 8.16. The Morgan fingerprint density at radius 3 is 2.53 bits per heavy atom. The number of hydrogen-bond donors (Lipinski definition) is 2. The third-order valence-corrected chi connectivity index (χ3v) is 3.75. The van der Waals surface area contributed by atoms with Crippen molar-refractivity contribution in [1.82, 2.24) is 10.6 Å². The number of carbonyl (C=O) groups excluding carboxylic acids is 1. The summed E-state index contributed by atoms with van der Waals surface area (Å²) in [5, 5.41) is 6.10. The molecule has 92 valence electrons. The van der Waals surface area contributed by atoms with Crippen molar-refractivity contribution in [1.29, 1.82) is 0 Å². The first-order valence-electron chi connectivity index (χ1n) is 5.84. The molecule has 1 saturated carbocycles. The smallest absolute Gasteiger partial charge is 0.227 e. The van der Waals surface area contributed by atoms with Crippen LogP contribution in [0.25, 0.3) is 0 Å². The van der Waals surface area contributed by atoms with E-state index in [4.69, 9.17) is 0 Å². The lowest BCUT2D eigenvalue weighted by atomic mass is 10.1. The van der Waals surface area contributed by atoms with E-state index in [0.717, 1.165) is 29.4 Å². The molecule has 1 aliphatic carbocycles. The second-order valence-corrected chi connectivity index (χ2v) is 5.54. The Morgan fingerprint density at radius 2 is 2.00 bits per heavy atom. The van der Waals surface area contributed by atoms with Gasteiger partial charge in [0.1, 0.15) is 0 Å². The van der Waals surface area contributed by atoms with Crippen molar-refractivity contribution in [2.75, 3.05) is 13.6 Å². The van der Waals surface area contributed by atoms with E-state index in [9.17, 15) is 4.79 Å². The van der Waals surface area contributed by atoms with Gasteiger partial charge in [-0.15, -0.1) is 0 Å². The molecule has 0 heterocycles. The van der Waals surface area contributed by atoms with Gasteiger partial charge in [0.05, 0.1) is 5.41 Å². The predicted octanol–water partition coefficient (Wildman–Crippen LogP) is 2.06. The maximum atomic E-state index is 12.0. The van der Waals surface area contributed by atoms with Gasteiger partial charge in [0.15, 0.2) is 0 Å². The van der Waals surface area contributed by atoms with Crippen LogP contribution in [0.5, 0.6) is 0 Å². The van der Waals surface area contributed by atoms with Gasteiger partial charge in [0.2, 0.25) is 5.91 Å². The highest BCUT2D eigenvalue weighted by molar-refractivity contribution is 9.10. The molecular formula is C13H17BrN2O. The SMILES string of the molecule is CNCC1(C(=O)NCc2ccc(Br)cc2)CC1. The molecule has 1 aromatic carbocycles. The summed E-state index contributed by atoms with van der Waals surface area (Å²) in [4.78, 5) is 12.0. The van der Waals surface area contributed by atoms with E-state index >= 15 is 0 Å². The molecule has 1 fully saturated rings. The summed E-state index contributed by atoms with van der Waals surface area (Å²) in [6.45, 7) is 1.39. The van der Waals surface area contributed by atoms with E-state index in [-0.39, 0.29) is 11.3 Å². The fraction of sp³-hybridized carbons (Fsp3) is 0.462. The lowest BCUT2D eigenvalue weighted by Crippen LogP contribution is -2.37. The highest BCUT2D eigenvalue weighted by atomic mass is 79.9. The van der Waals surface area contributed by atoms with E-state index in [0.29, 0.717) is 6.54 Å². The third-order valence-electron chi connectivity index (χ3n) is 3.22. The van der Waals surface area contributed by atoms with Gasteiger partial charge >= 0.3 is 0 Å². The van der Waals surface area contributed by atoms with Crippen LogP contribution in [0, 0.1) is 5.41 Å². The monoisotopic (exact) mass is 296 g/mol. The van der Waals surface area contributed by atoms with E-state index < -0.39 is 0 Å². The second kappa shape index (κ2) is 5.19. The molecule has 3 nitrogen and oxygen atoms in total. The molecule has 0 atom stereocenters. The number of nitrogens with one attached hydrogen (secondary N) is 2. The average molecular weight is 297 g/mol. The van der Waals surface area contributed by atoms with Crippen molar-refractivity contribution in [2.24, 2.45) is 5.41 Å². The molecule has 1 aliphatic rings. The molecule has 0 aliphatic heterocycles. The highest BCUT2D eigenvalue weighted by Gasteiger charge is 2.48. The van der Waals surface area contributed by atoms with Gasteiger partial charge in [-0.2, -0.15) is 0 Å². The van der Waals surface area contributed by atoms with Gasteiger partial charge in [-0.25, -0.2) is 0 Å². The number of rotatable bonds is 5. The molecule has 0 radical (unpaired) electrons. The number of benzene rings is 1. The minimum atomic E-state index is -0.135. The van der Waals surface area contributed by atoms with Crippen molar-refractivity contribution >= 4 is 21.8 Å². The summed E-state index contributed by atoms with van der Waals surface area (Å²) in [6, 6.07) is 8.01. The van der Waals surface area contributed by atoms with Gasteiger partial charge in [-0.05, 0) is 37.6 Å². The van der Waals surface area contributed by atoms with Crippen LogP contribution < -0.4 is 10.6 Å². The molecule has 2 rings (SSSR count). The van der Waals surface area contributed by atoms with E-state index in [1.54, 1.807) is 0 Å². The van der Waals surface area contributed by atoms with E-state index in [1.807, 2.05) is 31.3 Å². The lowest BCUT2D eigenvalue weighted by molar-refractivity contribution is -0.126. The van der Waals surface area contributed by atoms with Gasteiger partial charge in [0.25, 0.3) is 0 Å². The molecule has 0 bridgehead atoms. The number of hydrogen-bond acceptors (Lipinski definition) is 2. The van der Waals surface area contributed by atoms with E-state index in [2.05, 4.69) is 26.6 Å².